The van der Waals surface area contributed by atoms with E-state index in [0.717, 1.165) is 34.8 Å². The summed E-state index contributed by atoms with van der Waals surface area (Å²) in [5.74, 6) is 1.02. The number of halogens is 1. The summed E-state index contributed by atoms with van der Waals surface area (Å²) in [6, 6.07) is 10.2. The molecule has 2 aromatic rings. The molecule has 0 fully saturated rings. The first-order chi connectivity index (χ1) is 8.63. The molecular formula is C14H14BrN3. The summed E-state index contributed by atoms with van der Waals surface area (Å²) in [7, 11) is 0. The maximum Gasteiger partial charge on any atom is 0.129 e. The van der Waals surface area contributed by atoms with Crippen molar-refractivity contribution in [3.05, 3.63) is 51.6 Å². The van der Waals surface area contributed by atoms with Crippen molar-refractivity contribution in [1.29, 1.82) is 0 Å². The van der Waals surface area contributed by atoms with Crippen molar-refractivity contribution in [2.75, 3.05) is 10.6 Å². The minimum atomic E-state index is 0.829. The third-order valence-corrected chi connectivity index (χ3v) is 4.12. The summed E-state index contributed by atoms with van der Waals surface area (Å²) < 4.78 is 1.05. The summed E-state index contributed by atoms with van der Waals surface area (Å²) in [4.78, 5) is 6.88. The number of hydrogen-bond acceptors (Lipinski definition) is 3. The van der Waals surface area contributed by atoms with E-state index in [4.69, 9.17) is 5.73 Å². The van der Waals surface area contributed by atoms with Crippen LogP contribution in [0.4, 0.5) is 11.5 Å². The zero-order chi connectivity index (χ0) is 12.7. The molecule has 1 aliphatic heterocycles. The molecule has 1 aromatic heterocycles. The molecule has 0 spiro atoms. The van der Waals surface area contributed by atoms with E-state index in [1.54, 1.807) is 0 Å². The standard InChI is InChI=1S/C14H14BrN3/c1-9-13(15)4-5-14(17-9)18-7-10-2-3-12(16)6-11(10)8-18/h2-6H,7-8,16H2,1H3. The van der Waals surface area contributed by atoms with Crippen LogP contribution in [0.1, 0.15) is 16.8 Å². The lowest BCUT2D eigenvalue weighted by atomic mass is 10.1. The summed E-state index contributed by atoms with van der Waals surface area (Å²) >= 11 is 3.48. The molecule has 3 rings (SSSR count). The summed E-state index contributed by atoms with van der Waals surface area (Å²) in [6.07, 6.45) is 0. The number of aryl methyl sites for hydroxylation is 1. The third kappa shape index (κ3) is 1.97. The normalized spacial score (nSPS) is 13.8. The van der Waals surface area contributed by atoms with Crippen molar-refractivity contribution in [1.82, 2.24) is 4.98 Å². The van der Waals surface area contributed by atoms with E-state index in [0.29, 0.717) is 0 Å². The Balaban J connectivity index is 1.91. The molecule has 2 heterocycles. The van der Waals surface area contributed by atoms with Gasteiger partial charge in [-0.15, -0.1) is 0 Å². The zero-order valence-corrected chi connectivity index (χ0v) is 11.7. The van der Waals surface area contributed by atoms with Gasteiger partial charge in [-0.25, -0.2) is 4.98 Å². The van der Waals surface area contributed by atoms with Crippen molar-refractivity contribution in [3.8, 4) is 0 Å². The predicted octanol–water partition coefficient (Wildman–Crippen LogP) is 3.25. The highest BCUT2D eigenvalue weighted by molar-refractivity contribution is 9.10. The van der Waals surface area contributed by atoms with Gasteiger partial charge in [0.25, 0.3) is 0 Å². The molecule has 2 N–H and O–H groups in total. The van der Waals surface area contributed by atoms with E-state index >= 15 is 0 Å². The Bertz CT molecular complexity index is 610. The summed E-state index contributed by atoms with van der Waals surface area (Å²) in [5.41, 5.74) is 10.3. The molecule has 0 radical (unpaired) electrons. The average molecular weight is 304 g/mol. The number of fused-ring (bicyclic) bond motifs is 1. The number of pyridine rings is 1. The minimum absolute atomic E-state index is 0.829. The first-order valence-electron chi connectivity index (χ1n) is 5.89. The van der Waals surface area contributed by atoms with Gasteiger partial charge in [0.05, 0.1) is 5.69 Å². The molecule has 4 heteroatoms. The molecule has 3 nitrogen and oxygen atoms in total. The monoisotopic (exact) mass is 303 g/mol. The summed E-state index contributed by atoms with van der Waals surface area (Å²) in [6.45, 7) is 3.80. The lowest BCUT2D eigenvalue weighted by Crippen LogP contribution is -2.16. The number of anilines is 2. The van der Waals surface area contributed by atoms with E-state index < -0.39 is 0 Å². The van der Waals surface area contributed by atoms with Crippen molar-refractivity contribution in [2.45, 2.75) is 20.0 Å². The largest absolute Gasteiger partial charge is 0.399 e. The second-order valence-corrected chi connectivity index (χ2v) is 5.48. The van der Waals surface area contributed by atoms with E-state index in [-0.39, 0.29) is 0 Å². The third-order valence-electron chi connectivity index (χ3n) is 3.28. The van der Waals surface area contributed by atoms with Crippen molar-refractivity contribution in [2.24, 2.45) is 0 Å². The van der Waals surface area contributed by atoms with E-state index in [9.17, 15) is 0 Å². The van der Waals surface area contributed by atoms with Gasteiger partial charge in [0.15, 0.2) is 0 Å². The Hall–Kier alpha value is -1.55. The highest BCUT2D eigenvalue weighted by Gasteiger charge is 2.20. The molecule has 0 bridgehead atoms. The van der Waals surface area contributed by atoms with Crippen LogP contribution in [0.15, 0.2) is 34.8 Å². The SMILES string of the molecule is Cc1nc(N2Cc3ccc(N)cc3C2)ccc1Br. The van der Waals surface area contributed by atoms with Gasteiger partial charge in [0.2, 0.25) is 0 Å². The Morgan fingerprint density at radius 2 is 1.94 bits per heavy atom. The molecular weight excluding hydrogens is 290 g/mol. The molecule has 0 atom stereocenters. The molecule has 0 saturated carbocycles. The second-order valence-electron chi connectivity index (χ2n) is 4.62. The quantitative estimate of drug-likeness (QED) is 0.822. The molecule has 0 saturated heterocycles. The van der Waals surface area contributed by atoms with Gasteiger partial charge in [0.1, 0.15) is 5.82 Å². The van der Waals surface area contributed by atoms with Crippen molar-refractivity contribution in [3.63, 3.8) is 0 Å². The number of nitrogen functional groups attached to an aromatic ring is 1. The lowest BCUT2D eigenvalue weighted by Gasteiger charge is -2.17. The van der Waals surface area contributed by atoms with E-state index in [2.05, 4.69) is 44.0 Å². The fourth-order valence-electron chi connectivity index (χ4n) is 2.28. The maximum atomic E-state index is 5.82. The zero-order valence-electron chi connectivity index (χ0n) is 10.2. The average Bonchev–Trinajstić information content (AvgIpc) is 2.75. The second kappa shape index (κ2) is 4.28. The number of hydrogen-bond donors (Lipinski definition) is 1. The molecule has 0 amide bonds. The predicted molar refractivity (Wildman–Crippen MR) is 77.4 cm³/mol. The minimum Gasteiger partial charge on any atom is -0.399 e. The highest BCUT2D eigenvalue weighted by atomic mass is 79.9. The number of nitrogens with two attached hydrogens (primary N) is 1. The fraction of sp³-hybridized carbons (Fsp3) is 0.214. The van der Waals surface area contributed by atoms with Crippen LogP contribution in [0, 0.1) is 6.92 Å². The van der Waals surface area contributed by atoms with E-state index in [1.165, 1.54) is 11.1 Å². The smallest absolute Gasteiger partial charge is 0.129 e. The highest BCUT2D eigenvalue weighted by Crippen LogP contribution is 2.29. The molecule has 18 heavy (non-hydrogen) atoms. The van der Waals surface area contributed by atoms with Crippen molar-refractivity contribution < 1.29 is 0 Å². The Labute approximate surface area is 115 Å². The van der Waals surface area contributed by atoms with Gasteiger partial charge in [0, 0.05) is 23.2 Å². The van der Waals surface area contributed by atoms with Crippen LogP contribution in [-0.4, -0.2) is 4.98 Å². The van der Waals surface area contributed by atoms with Crippen LogP contribution in [-0.2, 0) is 13.1 Å². The topological polar surface area (TPSA) is 42.2 Å². The Kier molecular flexibility index (Phi) is 2.74. The first-order valence-corrected chi connectivity index (χ1v) is 6.68. The fourth-order valence-corrected chi connectivity index (χ4v) is 2.50. The van der Waals surface area contributed by atoms with E-state index in [1.807, 2.05) is 19.1 Å². The van der Waals surface area contributed by atoms with Gasteiger partial charge in [-0.05, 0) is 58.2 Å². The summed E-state index contributed by atoms with van der Waals surface area (Å²) in [5, 5.41) is 0. The van der Waals surface area contributed by atoms with Gasteiger partial charge >= 0.3 is 0 Å². The molecule has 1 aliphatic rings. The van der Waals surface area contributed by atoms with Gasteiger partial charge < -0.3 is 10.6 Å². The first kappa shape index (κ1) is 11.5. The van der Waals surface area contributed by atoms with Crippen molar-refractivity contribution >= 4 is 27.4 Å². The van der Waals surface area contributed by atoms with Crippen LogP contribution >= 0.6 is 15.9 Å². The number of benzene rings is 1. The Morgan fingerprint density at radius 1 is 1.17 bits per heavy atom. The number of rotatable bonds is 1. The molecule has 1 aromatic carbocycles. The van der Waals surface area contributed by atoms with Gasteiger partial charge in [-0.3, -0.25) is 0 Å². The van der Waals surface area contributed by atoms with Gasteiger partial charge in [-0.2, -0.15) is 0 Å². The molecule has 0 aliphatic carbocycles. The lowest BCUT2D eigenvalue weighted by molar-refractivity contribution is 0.851. The van der Waals surface area contributed by atoms with Crippen LogP contribution in [0.3, 0.4) is 0 Å². The van der Waals surface area contributed by atoms with Crippen LogP contribution in [0.5, 0.6) is 0 Å². The van der Waals surface area contributed by atoms with Crippen LogP contribution < -0.4 is 10.6 Å². The maximum absolute atomic E-state index is 5.82. The molecule has 0 unspecified atom stereocenters. The number of nitrogens with zero attached hydrogens (tertiary/aromatic N) is 2. The van der Waals surface area contributed by atoms with Crippen LogP contribution in [0.25, 0.3) is 0 Å². The van der Waals surface area contributed by atoms with Crippen LogP contribution in [0.2, 0.25) is 0 Å². The van der Waals surface area contributed by atoms with Gasteiger partial charge in [-0.1, -0.05) is 6.07 Å². The number of aromatic nitrogens is 1. The Morgan fingerprint density at radius 3 is 2.72 bits per heavy atom. The molecule has 92 valence electrons.